The van der Waals surface area contributed by atoms with E-state index in [4.69, 9.17) is 9.66 Å². The highest BCUT2D eigenvalue weighted by Crippen LogP contribution is 2.14. The summed E-state index contributed by atoms with van der Waals surface area (Å²) >= 11 is -2.25. The number of carboxylic acids is 1. The predicted molar refractivity (Wildman–Crippen MR) is 87.9 cm³/mol. The first-order valence-electron chi connectivity index (χ1n) is 8.42. The maximum Gasteiger partial charge on any atom is 0.321 e. The number of aliphatic carboxylic acids is 1. The summed E-state index contributed by atoms with van der Waals surface area (Å²) in [5, 5.41) is 7.65. The summed E-state index contributed by atoms with van der Waals surface area (Å²) in [5.41, 5.74) is 0. The molecule has 0 aliphatic rings. The first-order valence-corrected chi connectivity index (χ1v) is 9.59. The highest BCUT2D eigenvalue weighted by atomic mass is 32.2. The van der Waals surface area contributed by atoms with E-state index in [-0.39, 0.29) is 0 Å². The Morgan fingerprint density at radius 2 is 1.24 bits per heavy atom. The smallest absolute Gasteiger partial charge is 0.321 e. The Bertz CT molecular complexity index is 267. The molecule has 21 heavy (non-hydrogen) atoms. The Kier molecular flexibility index (Phi) is 14.2. The lowest BCUT2D eigenvalue weighted by atomic mass is 10.0. The quantitative estimate of drug-likeness (QED) is 0.337. The standard InChI is InChI=1S/C16H32O4S/c1-2-3-4-5-6-7-8-9-10-11-12-13-14-15(16(17)18)21(19)20/h15H,2-14H2,1H3,(H,17,18)(H,19,20). The molecule has 0 heterocycles. The maximum absolute atomic E-state index is 10.8. The molecule has 0 aliphatic carbocycles. The second-order valence-corrected chi connectivity index (χ2v) is 6.90. The van der Waals surface area contributed by atoms with Crippen molar-refractivity contribution in [3.63, 3.8) is 0 Å². The van der Waals surface area contributed by atoms with Crippen LogP contribution in [0.2, 0.25) is 0 Å². The van der Waals surface area contributed by atoms with Gasteiger partial charge in [-0.25, -0.2) is 4.21 Å². The van der Waals surface area contributed by atoms with Crippen molar-refractivity contribution in [3.05, 3.63) is 0 Å². The maximum atomic E-state index is 10.8. The Morgan fingerprint density at radius 3 is 1.57 bits per heavy atom. The Hall–Kier alpha value is -0.420. The Balaban J connectivity index is 3.29. The molecule has 0 radical (unpaired) electrons. The van der Waals surface area contributed by atoms with E-state index in [1.54, 1.807) is 0 Å². The zero-order chi connectivity index (χ0) is 15.9. The minimum atomic E-state index is -2.25. The fourth-order valence-electron chi connectivity index (χ4n) is 2.48. The third kappa shape index (κ3) is 13.0. The van der Waals surface area contributed by atoms with Gasteiger partial charge in [0.1, 0.15) is 0 Å². The van der Waals surface area contributed by atoms with Gasteiger partial charge < -0.3 is 9.66 Å². The van der Waals surface area contributed by atoms with Gasteiger partial charge in [-0.3, -0.25) is 4.79 Å². The van der Waals surface area contributed by atoms with E-state index >= 15 is 0 Å². The highest BCUT2D eigenvalue weighted by molar-refractivity contribution is 7.80. The van der Waals surface area contributed by atoms with Crippen molar-refractivity contribution in [2.24, 2.45) is 0 Å². The second-order valence-electron chi connectivity index (χ2n) is 5.78. The number of carbonyl (C=O) groups is 1. The normalized spacial score (nSPS) is 14.0. The summed E-state index contributed by atoms with van der Waals surface area (Å²) < 4.78 is 19.7. The van der Waals surface area contributed by atoms with E-state index in [0.717, 1.165) is 19.3 Å². The predicted octanol–water partition coefficient (Wildman–Crippen LogP) is 4.75. The zero-order valence-electron chi connectivity index (χ0n) is 13.4. The lowest BCUT2D eigenvalue weighted by Gasteiger charge is -2.07. The molecule has 0 aliphatic heterocycles. The van der Waals surface area contributed by atoms with E-state index in [2.05, 4.69) is 6.92 Å². The lowest BCUT2D eigenvalue weighted by Crippen LogP contribution is -2.25. The lowest BCUT2D eigenvalue weighted by molar-refractivity contribution is -0.136. The summed E-state index contributed by atoms with van der Waals surface area (Å²) in [6.45, 7) is 2.23. The zero-order valence-corrected chi connectivity index (χ0v) is 14.2. The highest BCUT2D eigenvalue weighted by Gasteiger charge is 2.22. The van der Waals surface area contributed by atoms with Crippen molar-refractivity contribution in [1.82, 2.24) is 0 Å². The van der Waals surface area contributed by atoms with Crippen molar-refractivity contribution in [2.45, 2.75) is 95.6 Å². The van der Waals surface area contributed by atoms with Gasteiger partial charge in [-0.05, 0) is 6.42 Å². The van der Waals surface area contributed by atoms with Crippen LogP contribution in [-0.2, 0) is 15.9 Å². The van der Waals surface area contributed by atoms with Crippen LogP contribution in [0, 0.1) is 0 Å². The molecule has 0 spiro atoms. The average Bonchev–Trinajstić information content (AvgIpc) is 2.43. The molecule has 5 heteroatoms. The number of hydrogen-bond donors (Lipinski definition) is 2. The molecule has 0 amide bonds. The minimum Gasteiger partial charge on any atom is -0.480 e. The molecular weight excluding hydrogens is 288 g/mol. The number of rotatable bonds is 15. The van der Waals surface area contributed by atoms with E-state index in [0.29, 0.717) is 6.42 Å². The van der Waals surface area contributed by atoms with E-state index in [9.17, 15) is 9.00 Å². The van der Waals surface area contributed by atoms with Crippen LogP contribution < -0.4 is 0 Å². The minimum absolute atomic E-state index is 0.301. The molecule has 2 N–H and O–H groups in total. The van der Waals surface area contributed by atoms with Crippen molar-refractivity contribution in [3.8, 4) is 0 Å². The van der Waals surface area contributed by atoms with Gasteiger partial charge in [0, 0.05) is 0 Å². The fraction of sp³-hybridized carbons (Fsp3) is 0.938. The van der Waals surface area contributed by atoms with Crippen LogP contribution in [0.25, 0.3) is 0 Å². The number of carboxylic acid groups (broad SMARTS) is 1. The summed E-state index contributed by atoms with van der Waals surface area (Å²) in [7, 11) is 0. The van der Waals surface area contributed by atoms with Crippen molar-refractivity contribution >= 4 is 17.0 Å². The van der Waals surface area contributed by atoms with Crippen molar-refractivity contribution in [2.75, 3.05) is 0 Å². The van der Waals surface area contributed by atoms with Crippen molar-refractivity contribution < 1.29 is 18.7 Å². The Morgan fingerprint density at radius 1 is 0.857 bits per heavy atom. The Labute approximate surface area is 132 Å². The average molecular weight is 320 g/mol. The fourth-order valence-corrected chi connectivity index (χ4v) is 3.02. The molecule has 0 bridgehead atoms. The molecule has 0 rings (SSSR count). The van der Waals surface area contributed by atoms with Crippen LogP contribution >= 0.6 is 0 Å². The van der Waals surface area contributed by atoms with Crippen LogP contribution in [0.15, 0.2) is 0 Å². The topological polar surface area (TPSA) is 74.6 Å². The SMILES string of the molecule is CCCCCCCCCCCCCCC(C(=O)O)S(=O)O. The van der Waals surface area contributed by atoms with Gasteiger partial charge in [-0.15, -0.1) is 0 Å². The van der Waals surface area contributed by atoms with Gasteiger partial charge in [0.15, 0.2) is 16.3 Å². The first kappa shape index (κ1) is 20.6. The summed E-state index contributed by atoms with van der Waals surface area (Å²) in [6, 6.07) is 0. The molecule has 4 nitrogen and oxygen atoms in total. The number of hydrogen-bond acceptors (Lipinski definition) is 2. The molecular formula is C16H32O4S. The van der Waals surface area contributed by atoms with Crippen molar-refractivity contribution in [1.29, 1.82) is 0 Å². The second kappa shape index (κ2) is 14.5. The van der Waals surface area contributed by atoms with Gasteiger partial charge >= 0.3 is 5.97 Å². The van der Waals surface area contributed by atoms with Gasteiger partial charge in [0.05, 0.1) is 0 Å². The molecule has 0 saturated carbocycles. The third-order valence-corrected chi connectivity index (χ3v) is 4.76. The first-order chi connectivity index (χ1) is 10.1. The van der Waals surface area contributed by atoms with Crippen LogP contribution in [0.4, 0.5) is 0 Å². The van der Waals surface area contributed by atoms with E-state index in [1.165, 1.54) is 57.8 Å². The van der Waals surface area contributed by atoms with E-state index < -0.39 is 22.3 Å². The summed E-state index contributed by atoms with van der Waals surface area (Å²) in [6.07, 6.45) is 14.9. The molecule has 0 fully saturated rings. The van der Waals surface area contributed by atoms with Gasteiger partial charge in [-0.2, -0.15) is 0 Å². The van der Waals surface area contributed by atoms with Crippen LogP contribution in [-0.4, -0.2) is 25.1 Å². The third-order valence-electron chi connectivity index (χ3n) is 3.84. The molecule has 0 aromatic carbocycles. The molecule has 126 valence electrons. The molecule has 0 saturated heterocycles. The van der Waals surface area contributed by atoms with Crippen LogP contribution in [0.1, 0.15) is 90.4 Å². The summed E-state index contributed by atoms with van der Waals surface area (Å²) in [4.78, 5) is 10.7. The molecule has 2 atom stereocenters. The number of unbranched alkanes of at least 4 members (excludes halogenated alkanes) is 11. The van der Waals surface area contributed by atoms with Crippen LogP contribution in [0.3, 0.4) is 0 Å². The van der Waals surface area contributed by atoms with Crippen LogP contribution in [0.5, 0.6) is 0 Å². The molecule has 2 unspecified atom stereocenters. The van der Waals surface area contributed by atoms with Gasteiger partial charge in [-0.1, -0.05) is 84.0 Å². The monoisotopic (exact) mass is 320 g/mol. The molecule has 0 aromatic rings. The van der Waals surface area contributed by atoms with Gasteiger partial charge in [0.25, 0.3) is 0 Å². The largest absolute Gasteiger partial charge is 0.480 e. The molecule has 0 aromatic heterocycles. The van der Waals surface area contributed by atoms with Gasteiger partial charge in [0.2, 0.25) is 0 Å². The van der Waals surface area contributed by atoms with E-state index in [1.807, 2.05) is 0 Å². The summed E-state index contributed by atoms with van der Waals surface area (Å²) in [5.74, 6) is -1.17.